The van der Waals surface area contributed by atoms with E-state index < -0.39 is 16.2 Å². The van der Waals surface area contributed by atoms with E-state index >= 15 is 0 Å². The molecule has 1 atom stereocenters. The average molecular weight is 405 g/mol. The number of aliphatic hydroxyl groups excluding tert-OH is 4. The molecule has 150 valence electrons. The van der Waals surface area contributed by atoms with Gasteiger partial charge in [0.2, 0.25) is 0 Å². The van der Waals surface area contributed by atoms with Crippen molar-refractivity contribution in [3.05, 3.63) is 29.8 Å². The molecule has 0 saturated heterocycles. The first-order valence-corrected chi connectivity index (χ1v) is 9.19. The van der Waals surface area contributed by atoms with E-state index in [1.807, 2.05) is 13.8 Å². The molecule has 0 spiro atoms. The molecular formula is C16H32NNaO7S. The van der Waals surface area contributed by atoms with Gasteiger partial charge in [0.05, 0.1) is 24.2 Å². The van der Waals surface area contributed by atoms with Gasteiger partial charge in [-0.05, 0) is 31.4 Å². The summed E-state index contributed by atoms with van der Waals surface area (Å²) in [6.07, 6.45) is -0.560. The fraction of sp³-hybridized carbons (Fsp3) is 0.625. The second kappa shape index (κ2) is 21.2. The molecule has 0 radical (unpaired) electrons. The van der Waals surface area contributed by atoms with Gasteiger partial charge in [-0.1, -0.05) is 32.0 Å². The molecule has 10 heteroatoms. The van der Waals surface area contributed by atoms with Crippen molar-refractivity contribution < 1.29 is 63.0 Å². The molecule has 0 heterocycles. The first kappa shape index (κ1) is 33.5. The third kappa shape index (κ3) is 22.0. The van der Waals surface area contributed by atoms with Gasteiger partial charge < -0.3 is 30.7 Å². The third-order valence-corrected chi connectivity index (χ3v) is 3.11. The van der Waals surface area contributed by atoms with Crippen LogP contribution in [0.15, 0.2) is 29.2 Å². The first-order valence-electron chi connectivity index (χ1n) is 7.78. The third-order valence-electron chi connectivity index (χ3n) is 2.20. The Labute approximate surface area is 179 Å². The van der Waals surface area contributed by atoms with E-state index in [2.05, 4.69) is 0 Å². The molecule has 1 unspecified atom stereocenters. The van der Waals surface area contributed by atoms with E-state index in [-0.39, 0.29) is 60.2 Å². The zero-order chi connectivity index (χ0) is 20.5. The van der Waals surface area contributed by atoms with Crippen molar-refractivity contribution >= 4 is 10.1 Å². The van der Waals surface area contributed by atoms with Gasteiger partial charge in [-0.2, -0.15) is 0 Å². The van der Waals surface area contributed by atoms with Crippen LogP contribution in [0.25, 0.3) is 0 Å². The summed E-state index contributed by atoms with van der Waals surface area (Å²) >= 11 is 0. The van der Waals surface area contributed by atoms with Crippen LogP contribution < -0.4 is 35.3 Å². The summed E-state index contributed by atoms with van der Waals surface area (Å²) in [6.45, 7) is 7.49. The fourth-order valence-electron chi connectivity index (χ4n) is 1.19. The molecule has 0 aromatic heterocycles. The van der Waals surface area contributed by atoms with Crippen LogP contribution in [0.5, 0.6) is 0 Å². The molecule has 0 amide bonds. The second-order valence-electron chi connectivity index (χ2n) is 5.01. The topological polar surface area (TPSA) is 164 Å². The standard InChI is InChI=1S/C9H12O3S.C3H8O2.C2H7NO.C2H6O.Na/c1-7(2)8-5-3-4-6-9(8)13(10,11)12;1-3(5)2-4;3-1-2-4;1-2-3;/h3-7H,1-2H3,(H,10,11,12);3-5H,2H2,1H3;4H,1-3H2;3H,2H2,1H3;/q;;;;+1/p-1. The summed E-state index contributed by atoms with van der Waals surface area (Å²) in [7, 11) is -4.33. The van der Waals surface area contributed by atoms with Crippen LogP contribution in [0.1, 0.15) is 39.2 Å². The largest absolute Gasteiger partial charge is 1.00 e. The number of aliphatic hydroxyl groups is 4. The Kier molecular flexibility index (Phi) is 27.4. The maximum absolute atomic E-state index is 10.8. The average Bonchev–Trinajstić information content (AvgIpc) is 2.55. The summed E-state index contributed by atoms with van der Waals surface area (Å²) in [5.74, 6) is 0.0416. The number of benzene rings is 1. The van der Waals surface area contributed by atoms with Gasteiger partial charge in [0.25, 0.3) is 0 Å². The SMILES string of the molecule is CC(C)c1ccccc1S(=O)(=O)[O-].CC(O)CO.CCO.NCCO.[Na+]. The maximum Gasteiger partial charge on any atom is 1.00 e. The zero-order valence-corrected chi connectivity index (χ0v) is 19.1. The van der Waals surface area contributed by atoms with E-state index in [1.165, 1.54) is 13.0 Å². The molecule has 26 heavy (non-hydrogen) atoms. The minimum atomic E-state index is -4.33. The number of rotatable bonds is 4. The Bertz CT molecular complexity index is 509. The summed E-state index contributed by atoms with van der Waals surface area (Å²) < 4.78 is 32.4. The molecule has 1 rings (SSSR count). The molecule has 1 aromatic carbocycles. The minimum absolute atomic E-state index is 0. The van der Waals surface area contributed by atoms with Crippen molar-refractivity contribution in [2.75, 3.05) is 26.4 Å². The molecule has 0 aliphatic carbocycles. The Balaban J connectivity index is -0.000000156. The molecule has 0 fully saturated rings. The quantitative estimate of drug-likeness (QED) is 0.261. The fourth-order valence-corrected chi connectivity index (χ4v) is 2.02. The summed E-state index contributed by atoms with van der Waals surface area (Å²) in [6, 6.07) is 6.29. The van der Waals surface area contributed by atoms with Crippen LogP contribution in [0.3, 0.4) is 0 Å². The van der Waals surface area contributed by atoms with Crippen molar-refractivity contribution in [1.82, 2.24) is 0 Å². The molecule has 0 aliphatic heterocycles. The minimum Gasteiger partial charge on any atom is -0.744 e. The number of hydrogen-bond donors (Lipinski definition) is 5. The van der Waals surface area contributed by atoms with Crippen molar-refractivity contribution in [3.63, 3.8) is 0 Å². The first-order chi connectivity index (χ1) is 11.5. The van der Waals surface area contributed by atoms with Crippen molar-refractivity contribution in [2.45, 2.75) is 44.6 Å². The molecule has 8 nitrogen and oxygen atoms in total. The number of nitrogens with two attached hydrogens (primary N) is 1. The van der Waals surface area contributed by atoms with E-state index in [0.717, 1.165) is 0 Å². The molecule has 1 aromatic rings. The monoisotopic (exact) mass is 405 g/mol. The van der Waals surface area contributed by atoms with Gasteiger partial charge in [-0.25, -0.2) is 8.42 Å². The molecule has 0 aliphatic rings. The number of hydrogen-bond acceptors (Lipinski definition) is 8. The summed E-state index contributed by atoms with van der Waals surface area (Å²) in [5, 5.41) is 31.3. The van der Waals surface area contributed by atoms with Crippen molar-refractivity contribution in [1.29, 1.82) is 0 Å². The van der Waals surface area contributed by atoms with Gasteiger partial charge in [0, 0.05) is 13.2 Å². The Morgan fingerprint density at radius 3 is 1.65 bits per heavy atom. The molecule has 6 N–H and O–H groups in total. The van der Waals surface area contributed by atoms with Crippen LogP contribution in [-0.2, 0) is 10.1 Å². The predicted octanol–water partition coefficient (Wildman–Crippen LogP) is -2.99. The van der Waals surface area contributed by atoms with Gasteiger partial charge in [-0.3, -0.25) is 0 Å². The Morgan fingerprint density at radius 2 is 1.46 bits per heavy atom. The van der Waals surface area contributed by atoms with E-state index in [0.29, 0.717) is 12.1 Å². The van der Waals surface area contributed by atoms with Crippen LogP contribution in [-0.4, -0.2) is 65.9 Å². The van der Waals surface area contributed by atoms with Crippen LogP contribution in [0.2, 0.25) is 0 Å². The van der Waals surface area contributed by atoms with Crippen LogP contribution in [0.4, 0.5) is 0 Å². The van der Waals surface area contributed by atoms with Crippen LogP contribution >= 0.6 is 0 Å². The van der Waals surface area contributed by atoms with E-state index in [1.54, 1.807) is 25.1 Å². The van der Waals surface area contributed by atoms with Gasteiger partial charge in [0.1, 0.15) is 10.1 Å². The van der Waals surface area contributed by atoms with Crippen LogP contribution in [0, 0.1) is 0 Å². The summed E-state index contributed by atoms with van der Waals surface area (Å²) in [5.41, 5.74) is 5.36. The Hall–Kier alpha value is -0.0700. The van der Waals surface area contributed by atoms with Gasteiger partial charge in [-0.15, -0.1) is 0 Å². The second-order valence-corrected chi connectivity index (χ2v) is 6.35. The molecule has 0 bridgehead atoms. The van der Waals surface area contributed by atoms with Crippen molar-refractivity contribution in [2.24, 2.45) is 5.73 Å². The zero-order valence-electron chi connectivity index (χ0n) is 16.3. The summed E-state index contributed by atoms with van der Waals surface area (Å²) in [4.78, 5) is -0.106. The van der Waals surface area contributed by atoms with Gasteiger partial charge in [0.15, 0.2) is 0 Å². The predicted molar refractivity (Wildman–Crippen MR) is 96.2 cm³/mol. The van der Waals surface area contributed by atoms with E-state index in [9.17, 15) is 13.0 Å². The molecular weight excluding hydrogens is 373 g/mol. The normalized spacial score (nSPS) is 10.7. The van der Waals surface area contributed by atoms with E-state index in [4.69, 9.17) is 26.2 Å². The van der Waals surface area contributed by atoms with Gasteiger partial charge >= 0.3 is 29.6 Å². The smallest absolute Gasteiger partial charge is 0.744 e. The maximum atomic E-state index is 10.8. The molecule has 0 saturated carbocycles. The Morgan fingerprint density at radius 1 is 1.12 bits per heavy atom. The van der Waals surface area contributed by atoms with Crippen molar-refractivity contribution in [3.8, 4) is 0 Å².